The van der Waals surface area contributed by atoms with Gasteiger partial charge in [-0.2, -0.15) is 0 Å². The van der Waals surface area contributed by atoms with Gasteiger partial charge in [0, 0.05) is 22.9 Å². The second-order valence-electron chi connectivity index (χ2n) is 5.32. The maximum atomic E-state index is 5.91. The van der Waals surface area contributed by atoms with Crippen molar-refractivity contribution in [1.82, 2.24) is 0 Å². The van der Waals surface area contributed by atoms with E-state index in [-0.39, 0.29) is 0 Å². The summed E-state index contributed by atoms with van der Waals surface area (Å²) in [4.78, 5) is 2.18. The van der Waals surface area contributed by atoms with Crippen LogP contribution in [0.3, 0.4) is 0 Å². The van der Waals surface area contributed by atoms with Crippen molar-refractivity contribution in [2.75, 3.05) is 16.8 Å². The summed E-state index contributed by atoms with van der Waals surface area (Å²) in [6, 6.07) is 14.2. The number of hydrogen-bond acceptors (Lipinski definition) is 1. The van der Waals surface area contributed by atoms with Gasteiger partial charge in [-0.15, -0.1) is 0 Å². The van der Waals surface area contributed by atoms with Crippen LogP contribution >= 0.6 is 23.8 Å². The zero-order valence-electron chi connectivity index (χ0n) is 11.9. The molecule has 1 N–H and O–H groups in total. The lowest BCUT2D eigenvalue weighted by Gasteiger charge is -2.32. The summed E-state index contributed by atoms with van der Waals surface area (Å²) in [5.74, 6) is 0. The van der Waals surface area contributed by atoms with Crippen LogP contribution in [0.1, 0.15) is 17.5 Å². The molecular weight excluding hydrogens is 300 g/mol. The van der Waals surface area contributed by atoms with E-state index < -0.39 is 0 Å². The lowest BCUT2D eigenvalue weighted by Crippen LogP contribution is -2.38. The molecule has 108 valence electrons. The van der Waals surface area contributed by atoms with E-state index in [9.17, 15) is 0 Å². The molecule has 2 aromatic rings. The standard InChI is InChI=1S/C17H17ClN2S/c1-12-4-9-16-13(11-12)3-2-10-20(16)17(21)19-15-7-5-14(18)6-8-15/h4-9,11H,2-3,10H2,1H3,(H,19,21). The van der Waals surface area contributed by atoms with Crippen LogP contribution in [0.4, 0.5) is 11.4 Å². The average Bonchev–Trinajstić information content (AvgIpc) is 2.48. The minimum atomic E-state index is 0.727. The van der Waals surface area contributed by atoms with Gasteiger partial charge in [-0.25, -0.2) is 0 Å². The van der Waals surface area contributed by atoms with E-state index in [0.29, 0.717) is 0 Å². The van der Waals surface area contributed by atoms with Crippen LogP contribution in [0.2, 0.25) is 5.02 Å². The zero-order valence-corrected chi connectivity index (χ0v) is 13.5. The third kappa shape index (κ3) is 3.20. The Morgan fingerprint density at radius 3 is 2.71 bits per heavy atom. The molecule has 0 radical (unpaired) electrons. The third-order valence-electron chi connectivity index (χ3n) is 3.69. The number of aryl methyl sites for hydroxylation is 2. The number of anilines is 2. The summed E-state index contributed by atoms with van der Waals surface area (Å²) in [7, 11) is 0. The van der Waals surface area contributed by atoms with E-state index >= 15 is 0 Å². The molecule has 1 aliphatic rings. The van der Waals surface area contributed by atoms with Gasteiger partial charge < -0.3 is 10.2 Å². The highest BCUT2D eigenvalue weighted by molar-refractivity contribution is 7.80. The van der Waals surface area contributed by atoms with E-state index in [4.69, 9.17) is 23.8 Å². The molecule has 1 aliphatic heterocycles. The van der Waals surface area contributed by atoms with Gasteiger partial charge in [-0.1, -0.05) is 29.3 Å². The second-order valence-corrected chi connectivity index (χ2v) is 6.15. The minimum absolute atomic E-state index is 0.727. The van der Waals surface area contributed by atoms with Gasteiger partial charge in [-0.05, 0) is 67.9 Å². The molecule has 0 amide bonds. The van der Waals surface area contributed by atoms with Gasteiger partial charge in [0.15, 0.2) is 5.11 Å². The molecule has 0 aliphatic carbocycles. The first-order chi connectivity index (χ1) is 10.1. The Bertz CT molecular complexity index is 667. The third-order valence-corrected chi connectivity index (χ3v) is 4.27. The lowest BCUT2D eigenvalue weighted by molar-refractivity contribution is 0.780. The maximum Gasteiger partial charge on any atom is 0.177 e. The number of thiocarbonyl (C=S) groups is 1. The molecule has 0 saturated carbocycles. The van der Waals surface area contributed by atoms with Gasteiger partial charge in [0.05, 0.1) is 0 Å². The molecule has 0 spiro atoms. The molecule has 0 aromatic heterocycles. The highest BCUT2D eigenvalue weighted by Crippen LogP contribution is 2.28. The molecule has 3 rings (SSSR count). The summed E-state index contributed by atoms with van der Waals surface area (Å²) >= 11 is 11.5. The SMILES string of the molecule is Cc1ccc2c(c1)CCCN2C(=S)Nc1ccc(Cl)cc1. The molecule has 0 fully saturated rings. The number of rotatable bonds is 1. The van der Waals surface area contributed by atoms with Crippen LogP contribution in [-0.4, -0.2) is 11.7 Å². The van der Waals surface area contributed by atoms with Crippen molar-refractivity contribution >= 4 is 40.3 Å². The average molecular weight is 317 g/mol. The smallest absolute Gasteiger partial charge is 0.177 e. The number of nitrogens with one attached hydrogen (secondary N) is 1. The normalized spacial score (nSPS) is 13.7. The molecule has 0 atom stereocenters. The van der Waals surface area contributed by atoms with Crippen LogP contribution in [0.25, 0.3) is 0 Å². The zero-order chi connectivity index (χ0) is 14.8. The molecular formula is C17H17ClN2S. The fraction of sp³-hybridized carbons (Fsp3) is 0.235. The van der Waals surface area contributed by atoms with Crippen molar-refractivity contribution in [2.24, 2.45) is 0 Å². The van der Waals surface area contributed by atoms with Crippen molar-refractivity contribution in [3.8, 4) is 0 Å². The quantitative estimate of drug-likeness (QED) is 0.761. The van der Waals surface area contributed by atoms with E-state index in [2.05, 4.69) is 35.3 Å². The molecule has 0 saturated heterocycles. The van der Waals surface area contributed by atoms with Crippen LogP contribution in [0.5, 0.6) is 0 Å². The molecule has 1 heterocycles. The van der Waals surface area contributed by atoms with Crippen LogP contribution < -0.4 is 10.2 Å². The molecule has 2 nitrogen and oxygen atoms in total. The Kier molecular flexibility index (Phi) is 4.13. The number of benzene rings is 2. The highest BCUT2D eigenvalue weighted by atomic mass is 35.5. The van der Waals surface area contributed by atoms with Crippen molar-refractivity contribution in [3.63, 3.8) is 0 Å². The second kappa shape index (κ2) is 6.04. The van der Waals surface area contributed by atoms with Crippen molar-refractivity contribution in [2.45, 2.75) is 19.8 Å². The number of fused-ring (bicyclic) bond motifs is 1. The minimum Gasteiger partial charge on any atom is -0.332 e. The van der Waals surface area contributed by atoms with E-state index in [1.54, 1.807) is 0 Å². The summed E-state index contributed by atoms with van der Waals surface area (Å²) in [6.45, 7) is 3.08. The van der Waals surface area contributed by atoms with E-state index in [0.717, 1.165) is 35.2 Å². The fourth-order valence-corrected chi connectivity index (χ4v) is 3.09. The summed E-state index contributed by atoms with van der Waals surface area (Å²) in [5.41, 5.74) is 4.86. The molecule has 4 heteroatoms. The van der Waals surface area contributed by atoms with Crippen molar-refractivity contribution in [1.29, 1.82) is 0 Å². The summed E-state index contributed by atoms with van der Waals surface area (Å²) in [6.07, 6.45) is 2.25. The van der Waals surface area contributed by atoms with Crippen LogP contribution in [0, 0.1) is 6.92 Å². The number of nitrogens with zero attached hydrogens (tertiary/aromatic N) is 1. The van der Waals surface area contributed by atoms with E-state index in [1.807, 2.05) is 24.3 Å². The predicted molar refractivity (Wildman–Crippen MR) is 94.5 cm³/mol. The molecule has 0 bridgehead atoms. The largest absolute Gasteiger partial charge is 0.332 e. The maximum absolute atomic E-state index is 5.91. The Labute approximate surface area is 135 Å². The summed E-state index contributed by atoms with van der Waals surface area (Å²) < 4.78 is 0. The molecule has 0 unspecified atom stereocenters. The van der Waals surface area contributed by atoms with Gasteiger partial charge in [0.2, 0.25) is 0 Å². The van der Waals surface area contributed by atoms with Gasteiger partial charge in [0.1, 0.15) is 0 Å². The van der Waals surface area contributed by atoms with Crippen molar-refractivity contribution in [3.05, 3.63) is 58.6 Å². The Hall–Kier alpha value is -1.58. The first kappa shape index (κ1) is 14.4. The first-order valence-corrected chi connectivity index (χ1v) is 7.86. The fourth-order valence-electron chi connectivity index (χ4n) is 2.66. The van der Waals surface area contributed by atoms with Crippen LogP contribution in [-0.2, 0) is 6.42 Å². The van der Waals surface area contributed by atoms with Crippen LogP contribution in [0.15, 0.2) is 42.5 Å². The van der Waals surface area contributed by atoms with Crippen molar-refractivity contribution < 1.29 is 0 Å². The van der Waals surface area contributed by atoms with Gasteiger partial charge in [-0.3, -0.25) is 0 Å². The Morgan fingerprint density at radius 2 is 1.95 bits per heavy atom. The predicted octanol–water partition coefficient (Wildman–Crippen LogP) is 4.80. The Balaban J connectivity index is 1.81. The van der Waals surface area contributed by atoms with E-state index in [1.165, 1.54) is 16.8 Å². The first-order valence-electron chi connectivity index (χ1n) is 7.07. The summed E-state index contributed by atoms with van der Waals surface area (Å²) in [5, 5.41) is 4.76. The number of halogens is 1. The lowest BCUT2D eigenvalue weighted by atomic mass is 10.00. The monoisotopic (exact) mass is 316 g/mol. The van der Waals surface area contributed by atoms with Gasteiger partial charge in [0.25, 0.3) is 0 Å². The van der Waals surface area contributed by atoms with Gasteiger partial charge >= 0.3 is 0 Å². The molecule has 21 heavy (non-hydrogen) atoms. The number of hydrogen-bond donors (Lipinski definition) is 1. The Morgan fingerprint density at radius 1 is 1.19 bits per heavy atom. The topological polar surface area (TPSA) is 15.3 Å². The molecule has 2 aromatic carbocycles. The highest BCUT2D eigenvalue weighted by Gasteiger charge is 2.20.